The van der Waals surface area contributed by atoms with E-state index in [0.717, 1.165) is 32.1 Å². The van der Waals surface area contributed by atoms with E-state index >= 15 is 0 Å². The molecule has 0 saturated heterocycles. The molecule has 0 aromatic rings. The molecule has 0 aromatic carbocycles. The maximum atomic E-state index is 12.7. The van der Waals surface area contributed by atoms with E-state index in [-0.39, 0.29) is 31.3 Å². The first-order valence-electron chi connectivity index (χ1n) is 8.10. The van der Waals surface area contributed by atoms with Crippen LogP contribution in [0.25, 0.3) is 0 Å². The van der Waals surface area contributed by atoms with Crippen LogP contribution in [0.15, 0.2) is 0 Å². The van der Waals surface area contributed by atoms with E-state index in [1.807, 2.05) is 0 Å². The van der Waals surface area contributed by atoms with E-state index < -0.39 is 11.9 Å². The summed E-state index contributed by atoms with van der Waals surface area (Å²) in [6.07, 6.45) is 5.51. The monoisotopic (exact) mass is 318 g/mol. The first kappa shape index (κ1) is 16.1. The summed E-state index contributed by atoms with van der Waals surface area (Å²) in [4.78, 5) is 11.0. The normalized spacial score (nSPS) is 40.0. The van der Waals surface area contributed by atoms with Gasteiger partial charge in [-0.2, -0.15) is 8.78 Å². The highest BCUT2D eigenvalue weighted by atomic mass is 19.3. The molecule has 6 heteroatoms. The van der Waals surface area contributed by atoms with Crippen LogP contribution in [0.4, 0.5) is 8.78 Å². The summed E-state index contributed by atoms with van der Waals surface area (Å²) in [6.45, 7) is 0.817. The maximum Gasteiger partial charge on any atom is 0.376 e. The van der Waals surface area contributed by atoms with Gasteiger partial charge in [0.15, 0.2) is 0 Å². The van der Waals surface area contributed by atoms with E-state index in [1.165, 1.54) is 0 Å². The van der Waals surface area contributed by atoms with E-state index in [9.17, 15) is 18.7 Å². The molecule has 1 N–H and O–H groups in total. The molecule has 4 saturated carbocycles. The van der Waals surface area contributed by atoms with Gasteiger partial charge in [-0.1, -0.05) is 0 Å². The molecule has 4 fully saturated rings. The molecule has 0 amide bonds. The van der Waals surface area contributed by atoms with Crippen molar-refractivity contribution in [2.24, 2.45) is 23.2 Å². The second kappa shape index (κ2) is 5.71. The van der Waals surface area contributed by atoms with Gasteiger partial charge in [-0.3, -0.25) is 0 Å². The fourth-order valence-electron chi connectivity index (χ4n) is 5.06. The Morgan fingerprint density at radius 3 is 2.41 bits per heavy atom. The smallest absolute Gasteiger partial charge is 0.376 e. The fourth-order valence-corrected chi connectivity index (χ4v) is 5.06. The van der Waals surface area contributed by atoms with Gasteiger partial charge in [0.05, 0.1) is 12.7 Å². The third kappa shape index (κ3) is 3.00. The Bertz CT molecular complexity index is 418. The minimum Gasteiger partial charge on any atom is -0.459 e. The van der Waals surface area contributed by atoms with E-state index in [2.05, 4.69) is 4.74 Å². The summed E-state index contributed by atoms with van der Waals surface area (Å²) >= 11 is 0. The average Bonchev–Trinajstić information content (AvgIpc) is 2.43. The highest BCUT2D eigenvalue weighted by Crippen LogP contribution is 2.60. The molecule has 4 aliphatic rings. The Kier molecular flexibility index (Phi) is 4.18. The van der Waals surface area contributed by atoms with Crippen LogP contribution in [0.1, 0.15) is 39.0 Å². The zero-order valence-corrected chi connectivity index (χ0v) is 12.9. The summed E-state index contributed by atoms with van der Waals surface area (Å²) in [6, 6.07) is 0. The number of hydrogen-bond donors (Lipinski definition) is 1. The number of aliphatic hydroxyl groups is 1. The lowest BCUT2D eigenvalue weighted by Gasteiger charge is -2.59. The van der Waals surface area contributed by atoms with Crippen LogP contribution in [-0.4, -0.2) is 42.9 Å². The standard InChI is InChI=1S/C16H24F2O4/c1-15(17,18)14(20)22-3-2-21-13-11-4-10-5-12(13)8-16(6-10,7-11)9-19/h10-13,19H,2-9H2,1H3. The first-order chi connectivity index (χ1) is 10.3. The topological polar surface area (TPSA) is 55.8 Å². The van der Waals surface area contributed by atoms with Crippen molar-refractivity contribution in [2.45, 2.75) is 51.1 Å². The number of carbonyl (C=O) groups excluding carboxylic acids is 1. The SMILES string of the molecule is CC(F)(F)C(=O)OCCOC1C2CC3CC1CC(CO)(C3)C2. The predicted molar refractivity (Wildman–Crippen MR) is 74.4 cm³/mol. The maximum absolute atomic E-state index is 12.7. The molecule has 4 nitrogen and oxygen atoms in total. The van der Waals surface area contributed by atoms with E-state index in [0.29, 0.717) is 24.7 Å². The number of carbonyl (C=O) groups is 1. The number of aliphatic hydroxyl groups excluding tert-OH is 1. The molecule has 0 aromatic heterocycles. The van der Waals surface area contributed by atoms with Crippen LogP contribution in [0.3, 0.4) is 0 Å². The minimum absolute atomic E-state index is 0.0904. The van der Waals surface area contributed by atoms with Gasteiger partial charge in [0.25, 0.3) is 0 Å². The second-order valence-corrected chi connectivity index (χ2v) is 7.49. The summed E-state index contributed by atoms with van der Waals surface area (Å²) in [5, 5.41) is 9.70. The van der Waals surface area contributed by atoms with Crippen molar-refractivity contribution >= 4 is 5.97 Å². The average molecular weight is 318 g/mol. The largest absolute Gasteiger partial charge is 0.459 e. The molecule has 0 heterocycles. The van der Waals surface area contributed by atoms with E-state index in [1.54, 1.807) is 0 Å². The Labute approximate surface area is 129 Å². The second-order valence-electron chi connectivity index (χ2n) is 7.49. The van der Waals surface area contributed by atoms with Crippen molar-refractivity contribution in [3.63, 3.8) is 0 Å². The zero-order chi connectivity index (χ0) is 16.0. The Hall–Kier alpha value is -0.750. The van der Waals surface area contributed by atoms with Crippen molar-refractivity contribution in [2.75, 3.05) is 19.8 Å². The number of rotatable bonds is 6. The van der Waals surface area contributed by atoms with Gasteiger partial charge in [-0.15, -0.1) is 0 Å². The van der Waals surface area contributed by atoms with E-state index in [4.69, 9.17) is 4.74 Å². The van der Waals surface area contributed by atoms with Crippen LogP contribution in [0.2, 0.25) is 0 Å². The Morgan fingerprint density at radius 1 is 1.23 bits per heavy atom. The van der Waals surface area contributed by atoms with Crippen LogP contribution < -0.4 is 0 Å². The Morgan fingerprint density at radius 2 is 1.86 bits per heavy atom. The molecule has 126 valence electrons. The lowest BCUT2D eigenvalue weighted by Crippen LogP contribution is -2.55. The fraction of sp³-hybridized carbons (Fsp3) is 0.938. The highest BCUT2D eigenvalue weighted by molar-refractivity contribution is 5.76. The number of ether oxygens (including phenoxy) is 2. The molecular formula is C16H24F2O4. The lowest BCUT2D eigenvalue weighted by molar-refractivity contribution is -0.183. The van der Waals surface area contributed by atoms with Gasteiger partial charge in [0.2, 0.25) is 0 Å². The summed E-state index contributed by atoms with van der Waals surface area (Å²) < 4.78 is 35.8. The van der Waals surface area contributed by atoms with Gasteiger partial charge < -0.3 is 14.6 Å². The molecule has 0 radical (unpaired) electrons. The van der Waals surface area contributed by atoms with Crippen LogP contribution >= 0.6 is 0 Å². The molecule has 0 spiro atoms. The molecule has 2 unspecified atom stereocenters. The summed E-state index contributed by atoms with van der Waals surface area (Å²) in [7, 11) is 0. The van der Waals surface area contributed by atoms with Gasteiger partial charge in [-0.05, 0) is 55.3 Å². The van der Waals surface area contributed by atoms with Crippen LogP contribution in [-0.2, 0) is 14.3 Å². The van der Waals surface area contributed by atoms with Gasteiger partial charge in [-0.25, -0.2) is 4.79 Å². The van der Waals surface area contributed by atoms with Gasteiger partial charge in [0, 0.05) is 13.5 Å². The summed E-state index contributed by atoms with van der Waals surface area (Å²) in [5.74, 6) is -3.36. The lowest BCUT2D eigenvalue weighted by atomic mass is 9.49. The number of halogens is 2. The van der Waals surface area contributed by atoms with Crippen molar-refractivity contribution in [3.8, 4) is 0 Å². The molecule has 4 rings (SSSR count). The van der Waals surface area contributed by atoms with Crippen molar-refractivity contribution < 1.29 is 28.2 Å². The molecule has 4 bridgehead atoms. The van der Waals surface area contributed by atoms with Gasteiger partial charge in [0.1, 0.15) is 6.61 Å². The molecular weight excluding hydrogens is 294 g/mol. The highest BCUT2D eigenvalue weighted by Gasteiger charge is 2.55. The van der Waals surface area contributed by atoms with Crippen LogP contribution in [0.5, 0.6) is 0 Å². The van der Waals surface area contributed by atoms with Crippen molar-refractivity contribution in [1.82, 2.24) is 0 Å². The quantitative estimate of drug-likeness (QED) is 0.603. The van der Waals surface area contributed by atoms with Crippen LogP contribution in [0, 0.1) is 23.2 Å². The molecule has 22 heavy (non-hydrogen) atoms. The van der Waals surface area contributed by atoms with Gasteiger partial charge >= 0.3 is 11.9 Å². The molecule has 2 atom stereocenters. The number of hydrogen-bond acceptors (Lipinski definition) is 4. The Balaban J connectivity index is 1.48. The first-order valence-corrected chi connectivity index (χ1v) is 8.10. The summed E-state index contributed by atoms with van der Waals surface area (Å²) in [5.41, 5.74) is 0.0904. The predicted octanol–water partition coefficient (Wildman–Crippen LogP) is 2.39. The third-order valence-corrected chi connectivity index (χ3v) is 5.63. The number of esters is 1. The number of alkyl halides is 2. The van der Waals surface area contributed by atoms with Crippen molar-refractivity contribution in [1.29, 1.82) is 0 Å². The minimum atomic E-state index is -3.45. The van der Waals surface area contributed by atoms with Crippen molar-refractivity contribution in [3.05, 3.63) is 0 Å². The third-order valence-electron chi connectivity index (χ3n) is 5.63. The zero-order valence-electron chi connectivity index (χ0n) is 12.9. The molecule has 4 aliphatic carbocycles. The molecule has 0 aliphatic heterocycles.